The third-order valence-electron chi connectivity index (χ3n) is 2.40. The standard InChI is InChI=1S/C12H11N3O3/c1-8-7-15(9-3-5-13-6-4-9)14-10(11(8)16)12(17)18-2/h3-7H,1-2H3. The average molecular weight is 245 g/mol. The maximum Gasteiger partial charge on any atom is 0.362 e. The van der Waals surface area contributed by atoms with Crippen LogP contribution >= 0.6 is 0 Å². The van der Waals surface area contributed by atoms with Crippen LogP contribution in [0.1, 0.15) is 16.1 Å². The lowest BCUT2D eigenvalue weighted by Crippen LogP contribution is -2.24. The molecule has 0 radical (unpaired) electrons. The summed E-state index contributed by atoms with van der Waals surface area (Å²) >= 11 is 0. The Morgan fingerprint density at radius 3 is 2.61 bits per heavy atom. The van der Waals surface area contributed by atoms with Gasteiger partial charge in [0.2, 0.25) is 11.1 Å². The van der Waals surface area contributed by atoms with Crippen LogP contribution in [0.5, 0.6) is 0 Å². The molecular weight excluding hydrogens is 234 g/mol. The number of carbonyl (C=O) groups excluding carboxylic acids is 1. The summed E-state index contributed by atoms with van der Waals surface area (Å²) < 4.78 is 5.98. The number of methoxy groups -OCH3 is 1. The Bertz CT molecular complexity index is 635. The molecule has 2 aromatic heterocycles. The Morgan fingerprint density at radius 1 is 1.33 bits per heavy atom. The fraction of sp³-hybridized carbons (Fsp3) is 0.167. The predicted octanol–water partition coefficient (Wildman–Crippen LogP) is 0.723. The van der Waals surface area contributed by atoms with E-state index in [2.05, 4.69) is 14.8 Å². The summed E-state index contributed by atoms with van der Waals surface area (Å²) in [7, 11) is 1.21. The molecule has 6 heteroatoms. The molecule has 0 amide bonds. The molecule has 0 saturated carbocycles. The van der Waals surface area contributed by atoms with Crippen molar-refractivity contribution < 1.29 is 9.53 Å². The zero-order valence-electron chi connectivity index (χ0n) is 9.95. The van der Waals surface area contributed by atoms with Gasteiger partial charge >= 0.3 is 5.97 Å². The van der Waals surface area contributed by atoms with E-state index in [1.165, 1.54) is 11.8 Å². The minimum atomic E-state index is -0.744. The van der Waals surface area contributed by atoms with Crippen molar-refractivity contribution in [2.24, 2.45) is 0 Å². The fourth-order valence-electron chi connectivity index (χ4n) is 1.47. The summed E-state index contributed by atoms with van der Waals surface area (Å²) in [5.41, 5.74) is 0.474. The SMILES string of the molecule is COC(=O)c1nn(-c2ccncc2)cc(C)c1=O. The highest BCUT2D eigenvalue weighted by atomic mass is 16.5. The van der Waals surface area contributed by atoms with Crippen molar-refractivity contribution in [1.29, 1.82) is 0 Å². The molecule has 2 heterocycles. The van der Waals surface area contributed by atoms with Gasteiger partial charge in [0, 0.05) is 24.2 Å². The maximum absolute atomic E-state index is 11.8. The molecule has 0 aromatic carbocycles. The zero-order chi connectivity index (χ0) is 13.1. The van der Waals surface area contributed by atoms with Crippen molar-refractivity contribution in [2.45, 2.75) is 6.92 Å². The van der Waals surface area contributed by atoms with Gasteiger partial charge in [-0.15, -0.1) is 0 Å². The molecule has 0 bridgehead atoms. The van der Waals surface area contributed by atoms with Gasteiger partial charge in [0.15, 0.2) is 0 Å². The van der Waals surface area contributed by atoms with Crippen LogP contribution in [0, 0.1) is 6.92 Å². The van der Waals surface area contributed by atoms with Gasteiger partial charge in [-0.1, -0.05) is 0 Å². The van der Waals surface area contributed by atoms with Crippen LogP contribution in [-0.2, 0) is 4.74 Å². The third-order valence-corrected chi connectivity index (χ3v) is 2.40. The first-order chi connectivity index (χ1) is 8.63. The number of esters is 1. The number of nitrogens with zero attached hydrogens (tertiary/aromatic N) is 3. The lowest BCUT2D eigenvalue weighted by molar-refractivity contribution is 0.0590. The van der Waals surface area contributed by atoms with E-state index >= 15 is 0 Å². The molecule has 0 spiro atoms. The molecule has 0 N–H and O–H groups in total. The highest BCUT2D eigenvalue weighted by Crippen LogP contribution is 2.04. The molecule has 2 rings (SSSR count). The Morgan fingerprint density at radius 2 is 2.00 bits per heavy atom. The van der Waals surface area contributed by atoms with Crippen LogP contribution in [0.25, 0.3) is 5.69 Å². The number of pyridine rings is 1. The Hall–Kier alpha value is -2.50. The van der Waals surface area contributed by atoms with Gasteiger partial charge in [-0.2, -0.15) is 5.10 Å². The van der Waals surface area contributed by atoms with Crippen molar-refractivity contribution in [3.8, 4) is 5.69 Å². The molecular formula is C12H11N3O3. The maximum atomic E-state index is 11.8. The minimum absolute atomic E-state index is 0.227. The summed E-state index contributed by atoms with van der Waals surface area (Å²) in [6.07, 6.45) is 4.76. The van der Waals surface area contributed by atoms with E-state index < -0.39 is 11.4 Å². The molecule has 2 aromatic rings. The van der Waals surface area contributed by atoms with E-state index in [0.717, 1.165) is 0 Å². The average Bonchev–Trinajstić information content (AvgIpc) is 2.41. The molecule has 0 atom stereocenters. The second kappa shape index (κ2) is 4.79. The van der Waals surface area contributed by atoms with Crippen LogP contribution in [0.3, 0.4) is 0 Å². The van der Waals surface area contributed by atoms with E-state index in [0.29, 0.717) is 11.3 Å². The molecule has 0 aliphatic carbocycles. The molecule has 0 unspecified atom stereocenters. The number of aromatic nitrogens is 3. The monoisotopic (exact) mass is 245 g/mol. The lowest BCUT2D eigenvalue weighted by Gasteiger charge is -2.07. The van der Waals surface area contributed by atoms with Gasteiger partial charge in [-0.25, -0.2) is 9.48 Å². The van der Waals surface area contributed by atoms with E-state index in [4.69, 9.17) is 0 Å². The van der Waals surface area contributed by atoms with E-state index in [9.17, 15) is 9.59 Å². The number of hydrogen-bond acceptors (Lipinski definition) is 5. The summed E-state index contributed by atoms with van der Waals surface area (Å²) in [5.74, 6) is -0.744. The molecule has 0 aliphatic rings. The molecule has 6 nitrogen and oxygen atoms in total. The van der Waals surface area contributed by atoms with Gasteiger partial charge in [-0.3, -0.25) is 9.78 Å². The zero-order valence-corrected chi connectivity index (χ0v) is 9.95. The third kappa shape index (κ3) is 2.13. The number of ether oxygens (including phenoxy) is 1. The Labute approximate surface area is 103 Å². The molecule has 0 fully saturated rings. The highest BCUT2D eigenvalue weighted by molar-refractivity contribution is 5.86. The molecule has 0 saturated heterocycles. The number of aryl methyl sites for hydroxylation is 1. The van der Waals surface area contributed by atoms with Crippen LogP contribution < -0.4 is 5.43 Å². The first-order valence-corrected chi connectivity index (χ1v) is 5.23. The number of carbonyl (C=O) groups is 1. The Balaban J connectivity index is 2.62. The van der Waals surface area contributed by atoms with Gasteiger partial charge in [0.25, 0.3) is 0 Å². The van der Waals surface area contributed by atoms with Gasteiger partial charge < -0.3 is 4.74 Å². The summed E-state index contributed by atoms with van der Waals surface area (Å²) in [6.45, 7) is 1.62. The summed E-state index contributed by atoms with van der Waals surface area (Å²) in [6, 6.07) is 3.44. The van der Waals surface area contributed by atoms with E-state index in [-0.39, 0.29) is 5.69 Å². The fourth-order valence-corrected chi connectivity index (χ4v) is 1.47. The van der Waals surface area contributed by atoms with E-state index in [1.807, 2.05) is 0 Å². The normalized spacial score (nSPS) is 10.1. The second-order valence-electron chi connectivity index (χ2n) is 3.63. The van der Waals surface area contributed by atoms with Crippen molar-refractivity contribution in [3.63, 3.8) is 0 Å². The van der Waals surface area contributed by atoms with Crippen molar-refractivity contribution in [3.05, 3.63) is 52.2 Å². The number of rotatable bonds is 2. The van der Waals surface area contributed by atoms with Gasteiger partial charge in [-0.05, 0) is 19.1 Å². The minimum Gasteiger partial charge on any atom is -0.464 e. The first-order valence-electron chi connectivity index (χ1n) is 5.23. The van der Waals surface area contributed by atoms with E-state index in [1.54, 1.807) is 37.6 Å². The van der Waals surface area contributed by atoms with Crippen molar-refractivity contribution in [2.75, 3.05) is 7.11 Å². The highest BCUT2D eigenvalue weighted by Gasteiger charge is 2.15. The Kier molecular flexibility index (Phi) is 3.18. The summed E-state index contributed by atoms with van der Waals surface area (Å²) in [4.78, 5) is 27.1. The first kappa shape index (κ1) is 12.0. The topological polar surface area (TPSA) is 74.1 Å². The van der Waals surface area contributed by atoms with Crippen LogP contribution in [0.2, 0.25) is 0 Å². The van der Waals surface area contributed by atoms with Crippen molar-refractivity contribution >= 4 is 5.97 Å². The molecule has 18 heavy (non-hydrogen) atoms. The largest absolute Gasteiger partial charge is 0.464 e. The van der Waals surface area contributed by atoms with Crippen molar-refractivity contribution in [1.82, 2.24) is 14.8 Å². The smallest absolute Gasteiger partial charge is 0.362 e. The second-order valence-corrected chi connectivity index (χ2v) is 3.63. The van der Waals surface area contributed by atoms with Crippen LogP contribution in [0.4, 0.5) is 0 Å². The molecule has 92 valence electrons. The predicted molar refractivity (Wildman–Crippen MR) is 63.7 cm³/mol. The van der Waals surface area contributed by atoms with Crippen LogP contribution in [0.15, 0.2) is 35.5 Å². The quantitative estimate of drug-likeness (QED) is 0.729. The molecule has 0 aliphatic heterocycles. The lowest BCUT2D eigenvalue weighted by atomic mass is 10.2. The van der Waals surface area contributed by atoms with Gasteiger partial charge in [0.1, 0.15) is 0 Å². The van der Waals surface area contributed by atoms with Crippen LogP contribution in [-0.4, -0.2) is 27.8 Å². The van der Waals surface area contributed by atoms with Gasteiger partial charge in [0.05, 0.1) is 12.8 Å². The number of hydrogen-bond donors (Lipinski definition) is 0. The summed E-state index contributed by atoms with van der Waals surface area (Å²) in [5, 5.41) is 3.98.